The number of benzene rings is 2. The number of pyridine rings is 2. The van der Waals surface area contributed by atoms with Crippen molar-refractivity contribution >= 4 is 16.3 Å². The first-order chi connectivity index (χ1) is 12.3. The summed E-state index contributed by atoms with van der Waals surface area (Å²) in [5, 5.41) is 2.64. The molecule has 122 valence electrons. The smallest absolute Gasteiger partial charge is 0.219 e. The van der Waals surface area contributed by atoms with Crippen LogP contribution in [0.3, 0.4) is 0 Å². The van der Waals surface area contributed by atoms with E-state index in [1.165, 1.54) is 46.1 Å². The molecule has 0 saturated heterocycles. The molecule has 5 rings (SSSR count). The molecule has 0 amide bonds. The van der Waals surface area contributed by atoms with Crippen LogP contribution in [0.2, 0.25) is 0 Å². The SMILES string of the molecule is COc1ccc(-c2cccc3c4ccccc4cc(C4CC4)[n+]23)cc1. The first-order valence-corrected chi connectivity index (χ1v) is 8.86. The molecule has 2 aromatic carbocycles. The number of hydrogen-bond acceptors (Lipinski definition) is 1. The van der Waals surface area contributed by atoms with Crippen molar-refractivity contribution in [1.82, 2.24) is 0 Å². The van der Waals surface area contributed by atoms with E-state index in [0.29, 0.717) is 5.92 Å². The van der Waals surface area contributed by atoms with Gasteiger partial charge in [-0.15, -0.1) is 0 Å². The van der Waals surface area contributed by atoms with Crippen LogP contribution in [0.1, 0.15) is 24.5 Å². The van der Waals surface area contributed by atoms with Gasteiger partial charge >= 0.3 is 0 Å². The van der Waals surface area contributed by atoms with Crippen LogP contribution >= 0.6 is 0 Å². The Kier molecular flexibility index (Phi) is 3.24. The van der Waals surface area contributed by atoms with Gasteiger partial charge in [0.1, 0.15) is 5.75 Å². The first kappa shape index (κ1) is 14.5. The molecule has 2 heterocycles. The van der Waals surface area contributed by atoms with Crippen LogP contribution < -0.4 is 9.14 Å². The lowest BCUT2D eigenvalue weighted by Gasteiger charge is -2.08. The highest BCUT2D eigenvalue weighted by molar-refractivity contribution is 5.94. The third-order valence-corrected chi connectivity index (χ3v) is 5.17. The molecule has 2 aromatic heterocycles. The van der Waals surface area contributed by atoms with E-state index in [1.807, 2.05) is 12.1 Å². The van der Waals surface area contributed by atoms with E-state index >= 15 is 0 Å². The molecule has 4 aromatic rings. The Morgan fingerprint density at radius 3 is 2.44 bits per heavy atom. The molecule has 0 unspecified atom stereocenters. The lowest BCUT2D eigenvalue weighted by Crippen LogP contribution is -2.30. The maximum atomic E-state index is 5.32. The zero-order valence-electron chi connectivity index (χ0n) is 14.3. The molecule has 0 aliphatic heterocycles. The van der Waals surface area contributed by atoms with Crippen molar-refractivity contribution in [3.63, 3.8) is 0 Å². The lowest BCUT2D eigenvalue weighted by atomic mass is 10.0. The zero-order chi connectivity index (χ0) is 16.8. The molecule has 1 aliphatic rings. The maximum absolute atomic E-state index is 5.32. The summed E-state index contributed by atoms with van der Waals surface area (Å²) in [7, 11) is 1.71. The van der Waals surface area contributed by atoms with Gasteiger partial charge in [0.2, 0.25) is 11.2 Å². The fraction of sp³-hybridized carbons (Fsp3) is 0.174. The quantitative estimate of drug-likeness (QED) is 0.376. The van der Waals surface area contributed by atoms with Crippen LogP contribution in [0, 0.1) is 0 Å². The number of aromatic nitrogens is 1. The summed E-state index contributed by atoms with van der Waals surface area (Å²) in [6.45, 7) is 0. The molecule has 0 N–H and O–H groups in total. The minimum atomic E-state index is 0.677. The average molecular weight is 326 g/mol. The van der Waals surface area contributed by atoms with Crippen LogP contribution in [0.5, 0.6) is 5.75 Å². The van der Waals surface area contributed by atoms with Gasteiger partial charge in [0.15, 0.2) is 5.69 Å². The molecule has 0 radical (unpaired) electrons. The lowest BCUT2D eigenvalue weighted by molar-refractivity contribution is -0.508. The van der Waals surface area contributed by atoms with Gasteiger partial charge in [0.25, 0.3) is 0 Å². The molecular weight excluding hydrogens is 306 g/mol. The summed E-state index contributed by atoms with van der Waals surface area (Å²) in [5.74, 6) is 1.57. The summed E-state index contributed by atoms with van der Waals surface area (Å²) in [6, 6.07) is 26.1. The summed E-state index contributed by atoms with van der Waals surface area (Å²) in [6.07, 6.45) is 2.58. The summed E-state index contributed by atoms with van der Waals surface area (Å²) < 4.78 is 7.78. The van der Waals surface area contributed by atoms with Gasteiger partial charge in [-0.2, -0.15) is 4.40 Å². The Labute approximate surface area is 147 Å². The fourth-order valence-corrected chi connectivity index (χ4v) is 3.74. The second kappa shape index (κ2) is 5.59. The molecule has 1 saturated carbocycles. The molecule has 0 atom stereocenters. The molecule has 0 bridgehead atoms. The minimum Gasteiger partial charge on any atom is -0.497 e. The number of ether oxygens (including phenoxy) is 1. The van der Waals surface area contributed by atoms with E-state index < -0.39 is 0 Å². The number of rotatable bonds is 3. The van der Waals surface area contributed by atoms with Crippen LogP contribution in [0.15, 0.2) is 72.8 Å². The highest BCUT2D eigenvalue weighted by atomic mass is 16.5. The van der Waals surface area contributed by atoms with E-state index in [-0.39, 0.29) is 0 Å². The predicted octanol–water partition coefficient (Wildman–Crippen LogP) is 5.13. The van der Waals surface area contributed by atoms with Crippen molar-refractivity contribution in [2.75, 3.05) is 7.11 Å². The van der Waals surface area contributed by atoms with Crippen LogP contribution in [-0.2, 0) is 0 Å². The van der Waals surface area contributed by atoms with Crippen molar-refractivity contribution in [2.24, 2.45) is 0 Å². The normalized spacial score (nSPS) is 14.1. The number of methoxy groups -OCH3 is 1. The van der Waals surface area contributed by atoms with Gasteiger partial charge in [0.05, 0.1) is 12.5 Å². The first-order valence-electron chi connectivity index (χ1n) is 8.86. The van der Waals surface area contributed by atoms with Crippen LogP contribution in [0.4, 0.5) is 0 Å². The molecule has 2 nitrogen and oxygen atoms in total. The zero-order valence-corrected chi connectivity index (χ0v) is 14.3. The van der Waals surface area contributed by atoms with E-state index in [9.17, 15) is 0 Å². The van der Waals surface area contributed by atoms with Crippen molar-refractivity contribution in [3.05, 3.63) is 78.5 Å². The van der Waals surface area contributed by atoms with Gasteiger partial charge in [-0.1, -0.05) is 18.2 Å². The van der Waals surface area contributed by atoms with E-state index in [0.717, 1.165) is 5.75 Å². The Hall–Kier alpha value is -2.87. The Bertz CT molecular complexity index is 1080. The molecular formula is C23H20NO+. The molecule has 25 heavy (non-hydrogen) atoms. The maximum Gasteiger partial charge on any atom is 0.219 e. The van der Waals surface area contributed by atoms with Crippen molar-refractivity contribution in [3.8, 4) is 17.0 Å². The second-order valence-electron chi connectivity index (χ2n) is 6.79. The number of nitrogens with zero attached hydrogens (tertiary/aromatic N) is 1. The Morgan fingerprint density at radius 2 is 1.68 bits per heavy atom. The summed E-state index contributed by atoms with van der Waals surface area (Å²) >= 11 is 0. The van der Waals surface area contributed by atoms with E-state index in [1.54, 1.807) is 7.11 Å². The van der Waals surface area contributed by atoms with Gasteiger partial charge in [0, 0.05) is 29.7 Å². The Morgan fingerprint density at radius 1 is 0.880 bits per heavy atom. The third kappa shape index (κ3) is 2.37. The highest BCUT2D eigenvalue weighted by Gasteiger charge is 2.33. The molecule has 1 fully saturated rings. The van der Waals surface area contributed by atoms with Crippen molar-refractivity contribution in [2.45, 2.75) is 18.8 Å². The largest absolute Gasteiger partial charge is 0.497 e. The van der Waals surface area contributed by atoms with E-state index in [4.69, 9.17) is 4.74 Å². The average Bonchev–Trinajstić information content (AvgIpc) is 3.52. The van der Waals surface area contributed by atoms with Gasteiger partial charge < -0.3 is 4.74 Å². The summed E-state index contributed by atoms with van der Waals surface area (Å²) in [4.78, 5) is 0. The molecule has 2 heteroatoms. The fourth-order valence-electron chi connectivity index (χ4n) is 3.74. The van der Waals surface area contributed by atoms with Gasteiger partial charge in [-0.05, 0) is 54.6 Å². The standard InChI is InChI=1S/C23H20NO/c1-25-19-13-11-16(12-14-19)21-7-4-8-22-20-6-3-2-5-18(20)15-23(24(21)22)17-9-10-17/h2-8,11-15,17H,9-10H2,1H3/q+1. The van der Waals surface area contributed by atoms with Crippen molar-refractivity contribution < 1.29 is 9.14 Å². The molecule has 1 aliphatic carbocycles. The number of hydrogen-bond donors (Lipinski definition) is 0. The topological polar surface area (TPSA) is 13.3 Å². The van der Waals surface area contributed by atoms with Crippen LogP contribution in [-0.4, -0.2) is 7.11 Å². The molecule has 0 spiro atoms. The number of fused-ring (bicyclic) bond motifs is 3. The third-order valence-electron chi connectivity index (χ3n) is 5.17. The van der Waals surface area contributed by atoms with Gasteiger partial charge in [-0.25, -0.2) is 0 Å². The second-order valence-corrected chi connectivity index (χ2v) is 6.79. The Balaban J connectivity index is 1.85. The van der Waals surface area contributed by atoms with E-state index in [2.05, 4.69) is 65.1 Å². The van der Waals surface area contributed by atoms with Gasteiger partial charge in [-0.3, -0.25) is 0 Å². The highest BCUT2D eigenvalue weighted by Crippen LogP contribution is 2.40. The predicted molar refractivity (Wildman–Crippen MR) is 101 cm³/mol. The van der Waals surface area contributed by atoms with Crippen LogP contribution in [0.25, 0.3) is 27.5 Å². The summed E-state index contributed by atoms with van der Waals surface area (Å²) in [5.41, 5.74) is 5.18. The monoisotopic (exact) mass is 326 g/mol. The van der Waals surface area contributed by atoms with Crippen molar-refractivity contribution in [1.29, 1.82) is 0 Å². The minimum absolute atomic E-state index is 0.677.